The minimum absolute atomic E-state index is 0.0224. The number of nitrogens with one attached hydrogen (secondary N) is 1. The molecule has 1 aromatic carbocycles. The number of fused-ring (bicyclic) bond motifs is 1. The topological polar surface area (TPSA) is 65.1 Å². The van der Waals surface area contributed by atoms with E-state index in [4.69, 9.17) is 11.6 Å². The number of carbonyl (C=O) groups is 2. The van der Waals surface area contributed by atoms with Crippen LogP contribution in [-0.2, 0) is 16.1 Å². The number of nitrogens with zero attached hydrogens (tertiary/aromatic N) is 3. The summed E-state index contributed by atoms with van der Waals surface area (Å²) in [7, 11) is 1.66. The third-order valence-electron chi connectivity index (χ3n) is 6.86. The molecule has 7 nitrogen and oxygen atoms in total. The molecule has 3 aliphatic rings. The maximum atomic E-state index is 12.9. The number of rotatable bonds is 4. The Labute approximate surface area is 195 Å². The van der Waals surface area contributed by atoms with Crippen LogP contribution in [-0.4, -0.2) is 82.7 Å². The summed E-state index contributed by atoms with van der Waals surface area (Å²) < 4.78 is 40.9. The molecule has 4 atom stereocenters. The van der Waals surface area contributed by atoms with E-state index in [-0.39, 0.29) is 35.4 Å². The van der Waals surface area contributed by atoms with E-state index >= 15 is 0 Å². The monoisotopic (exact) mass is 488 g/mol. The minimum atomic E-state index is -4.71. The Hall–Kier alpha value is -2.04. The molecule has 1 N–H and O–H groups in total. The Morgan fingerprint density at radius 3 is 2.36 bits per heavy atom. The van der Waals surface area contributed by atoms with Crippen LogP contribution >= 0.6 is 11.6 Å². The van der Waals surface area contributed by atoms with Gasteiger partial charge in [-0.1, -0.05) is 12.1 Å². The van der Waals surface area contributed by atoms with Crippen LogP contribution in [0.2, 0.25) is 0 Å². The SMILES string of the molecule is CC1NC2C(CC1Cl)N(C)C(=O)C(=O)N2C1CCN(Cc2ccc(OC(F)(F)F)cc2)CC1. The highest BCUT2D eigenvalue weighted by molar-refractivity contribution is 6.35. The second kappa shape index (κ2) is 9.31. The van der Waals surface area contributed by atoms with Crippen LogP contribution < -0.4 is 10.1 Å². The van der Waals surface area contributed by atoms with Gasteiger partial charge in [-0.2, -0.15) is 0 Å². The Balaban J connectivity index is 1.37. The van der Waals surface area contributed by atoms with Crippen LogP contribution in [0.5, 0.6) is 5.75 Å². The molecule has 0 aromatic heterocycles. The van der Waals surface area contributed by atoms with Gasteiger partial charge in [0.2, 0.25) is 0 Å². The highest BCUT2D eigenvalue weighted by Crippen LogP contribution is 2.32. The molecule has 3 heterocycles. The lowest BCUT2D eigenvalue weighted by Crippen LogP contribution is -2.74. The molecular formula is C22H28ClF3N4O3. The van der Waals surface area contributed by atoms with E-state index in [2.05, 4.69) is 15.0 Å². The second-order valence-electron chi connectivity index (χ2n) is 9.05. The third-order valence-corrected chi connectivity index (χ3v) is 7.41. The van der Waals surface area contributed by atoms with Gasteiger partial charge in [0.05, 0.1) is 11.4 Å². The summed E-state index contributed by atoms with van der Waals surface area (Å²) in [6.07, 6.45) is -2.93. The van der Waals surface area contributed by atoms with E-state index in [1.165, 1.54) is 17.0 Å². The van der Waals surface area contributed by atoms with Gasteiger partial charge >= 0.3 is 18.2 Å². The van der Waals surface area contributed by atoms with Gasteiger partial charge in [0.1, 0.15) is 11.9 Å². The number of benzene rings is 1. The molecule has 0 radical (unpaired) electrons. The van der Waals surface area contributed by atoms with Crippen molar-refractivity contribution in [1.29, 1.82) is 0 Å². The van der Waals surface area contributed by atoms with Gasteiger partial charge in [-0.25, -0.2) is 0 Å². The fourth-order valence-electron chi connectivity index (χ4n) is 5.03. The fraction of sp³-hybridized carbons (Fsp3) is 0.636. The van der Waals surface area contributed by atoms with Gasteiger partial charge in [0.25, 0.3) is 0 Å². The number of ether oxygens (including phenoxy) is 1. The first-order chi connectivity index (χ1) is 15.5. The van der Waals surface area contributed by atoms with Crippen LogP contribution in [0.25, 0.3) is 0 Å². The predicted molar refractivity (Wildman–Crippen MR) is 115 cm³/mol. The van der Waals surface area contributed by atoms with E-state index in [1.807, 2.05) is 6.92 Å². The lowest BCUT2D eigenvalue weighted by atomic mass is 9.91. The van der Waals surface area contributed by atoms with Gasteiger partial charge in [-0.3, -0.25) is 19.8 Å². The highest BCUT2D eigenvalue weighted by atomic mass is 35.5. The van der Waals surface area contributed by atoms with Gasteiger partial charge in [0, 0.05) is 38.8 Å². The first kappa shape index (κ1) is 24.1. The van der Waals surface area contributed by atoms with Gasteiger partial charge < -0.3 is 14.5 Å². The van der Waals surface area contributed by atoms with Crippen molar-refractivity contribution in [2.75, 3.05) is 20.1 Å². The van der Waals surface area contributed by atoms with Crippen molar-refractivity contribution in [3.8, 4) is 5.75 Å². The molecule has 2 amide bonds. The van der Waals surface area contributed by atoms with Gasteiger partial charge in [-0.15, -0.1) is 24.8 Å². The quantitative estimate of drug-likeness (QED) is 0.521. The third kappa shape index (κ3) is 5.22. The van der Waals surface area contributed by atoms with Crippen molar-refractivity contribution in [1.82, 2.24) is 20.0 Å². The lowest BCUT2D eigenvalue weighted by molar-refractivity contribution is -0.274. The van der Waals surface area contributed by atoms with Crippen LogP contribution in [0, 0.1) is 0 Å². The first-order valence-electron chi connectivity index (χ1n) is 11.1. The molecule has 0 saturated carbocycles. The van der Waals surface area contributed by atoms with Crippen LogP contribution in [0.3, 0.4) is 0 Å². The van der Waals surface area contributed by atoms with E-state index in [0.29, 0.717) is 38.9 Å². The molecule has 0 aliphatic carbocycles. The number of likely N-dealkylation sites (tertiary alicyclic amines) is 1. The van der Waals surface area contributed by atoms with Gasteiger partial charge in [0.15, 0.2) is 0 Å². The maximum absolute atomic E-state index is 12.9. The first-order valence-corrected chi connectivity index (χ1v) is 11.5. The summed E-state index contributed by atoms with van der Waals surface area (Å²) in [4.78, 5) is 31.0. The number of carbonyl (C=O) groups excluding carboxylic acids is 2. The maximum Gasteiger partial charge on any atom is 0.573 e. The number of alkyl halides is 4. The number of amides is 2. The number of hydrogen-bond acceptors (Lipinski definition) is 5. The van der Waals surface area contributed by atoms with Crippen molar-refractivity contribution in [2.24, 2.45) is 0 Å². The van der Waals surface area contributed by atoms with E-state index in [9.17, 15) is 22.8 Å². The van der Waals surface area contributed by atoms with Crippen LogP contribution in [0.15, 0.2) is 24.3 Å². The summed E-state index contributed by atoms with van der Waals surface area (Å²) in [6.45, 7) is 4.00. The van der Waals surface area contributed by atoms with Crippen molar-refractivity contribution in [3.63, 3.8) is 0 Å². The van der Waals surface area contributed by atoms with E-state index in [0.717, 1.165) is 5.56 Å². The summed E-state index contributed by atoms with van der Waals surface area (Å²) in [5.74, 6) is -1.23. The molecule has 3 aliphatic heterocycles. The average molecular weight is 489 g/mol. The average Bonchev–Trinajstić information content (AvgIpc) is 2.75. The molecule has 0 bridgehead atoms. The van der Waals surface area contributed by atoms with Crippen molar-refractivity contribution in [3.05, 3.63) is 29.8 Å². The molecule has 4 rings (SSSR count). The Morgan fingerprint density at radius 1 is 1.12 bits per heavy atom. The normalized spacial score (nSPS) is 29.9. The molecule has 4 unspecified atom stereocenters. The summed E-state index contributed by atoms with van der Waals surface area (Å²) in [6, 6.07) is 5.66. The zero-order valence-electron chi connectivity index (χ0n) is 18.5. The molecular weight excluding hydrogens is 461 g/mol. The van der Waals surface area contributed by atoms with Crippen molar-refractivity contribution in [2.45, 2.75) is 68.8 Å². The highest BCUT2D eigenvalue weighted by Gasteiger charge is 2.50. The lowest BCUT2D eigenvalue weighted by Gasteiger charge is -2.53. The summed E-state index contributed by atoms with van der Waals surface area (Å²) in [5, 5.41) is 3.32. The summed E-state index contributed by atoms with van der Waals surface area (Å²) >= 11 is 6.43. The Kier molecular flexibility index (Phi) is 6.80. The Morgan fingerprint density at radius 2 is 1.76 bits per heavy atom. The molecule has 11 heteroatoms. The molecule has 0 spiro atoms. The smallest absolute Gasteiger partial charge is 0.406 e. The predicted octanol–water partition coefficient (Wildman–Crippen LogP) is 2.53. The molecule has 3 fully saturated rings. The number of piperazine rings is 1. The standard InChI is InChI=1S/C22H28ClF3N4O3/c1-13-17(23)11-18-19(27-13)30(21(32)20(31)28(18)2)15-7-9-29(10-8-15)12-14-3-5-16(6-4-14)33-22(24,25)26/h3-6,13,15,17-19,27H,7-12H2,1-2H3. The van der Waals surface area contributed by atoms with E-state index in [1.54, 1.807) is 24.1 Å². The zero-order valence-corrected chi connectivity index (χ0v) is 19.3. The number of hydrogen-bond donors (Lipinski definition) is 1. The largest absolute Gasteiger partial charge is 0.573 e. The number of piperidine rings is 2. The molecule has 33 heavy (non-hydrogen) atoms. The van der Waals surface area contributed by atoms with Crippen LogP contribution in [0.1, 0.15) is 31.7 Å². The molecule has 182 valence electrons. The molecule has 1 aromatic rings. The van der Waals surface area contributed by atoms with Crippen LogP contribution in [0.4, 0.5) is 13.2 Å². The minimum Gasteiger partial charge on any atom is -0.406 e. The molecule has 3 saturated heterocycles. The fourth-order valence-corrected chi connectivity index (χ4v) is 5.28. The summed E-state index contributed by atoms with van der Waals surface area (Å²) in [5.41, 5.74) is 0.879. The zero-order chi connectivity index (χ0) is 23.9. The van der Waals surface area contributed by atoms with Crippen molar-refractivity contribution < 1.29 is 27.5 Å². The van der Waals surface area contributed by atoms with E-state index < -0.39 is 18.2 Å². The number of halogens is 4. The van der Waals surface area contributed by atoms with Crippen molar-refractivity contribution >= 4 is 23.4 Å². The van der Waals surface area contributed by atoms with Gasteiger partial charge in [-0.05, 0) is 43.9 Å². The second-order valence-corrected chi connectivity index (χ2v) is 9.61. The Bertz CT molecular complexity index is 877. The number of likely N-dealkylation sites (N-methyl/N-ethyl adjacent to an activating group) is 1.